The first-order valence-electron chi connectivity index (χ1n) is 16.6. The van der Waals surface area contributed by atoms with Crippen molar-refractivity contribution in [3.63, 3.8) is 0 Å². The van der Waals surface area contributed by atoms with Gasteiger partial charge in [0.15, 0.2) is 0 Å². The van der Waals surface area contributed by atoms with Crippen LogP contribution in [0, 0.1) is 0 Å². The zero-order chi connectivity index (χ0) is 34.4. The Labute approximate surface area is 280 Å². The van der Waals surface area contributed by atoms with Gasteiger partial charge in [-0.25, -0.2) is 9.59 Å². The highest BCUT2D eigenvalue weighted by atomic mass is 16.6. The largest absolute Gasteiger partial charge is 0.489 e. The Balaban J connectivity index is 1.61. The van der Waals surface area contributed by atoms with Gasteiger partial charge in [-0.05, 0) is 101 Å². The van der Waals surface area contributed by atoms with Crippen molar-refractivity contribution < 1.29 is 28.9 Å². The average Bonchev–Trinajstić information content (AvgIpc) is 3.79. The van der Waals surface area contributed by atoms with Crippen molar-refractivity contribution >= 4 is 12.2 Å². The Bertz CT molecular complexity index is 1490. The summed E-state index contributed by atoms with van der Waals surface area (Å²) in [6.07, 6.45) is -0.531. The number of alkyl carbamates (subject to hydrolysis) is 1. The Morgan fingerprint density at radius 1 is 0.851 bits per heavy atom. The van der Waals surface area contributed by atoms with Crippen LogP contribution in [0.3, 0.4) is 0 Å². The van der Waals surface area contributed by atoms with Gasteiger partial charge in [0.05, 0.1) is 24.2 Å². The number of rotatable bonds is 12. The third kappa shape index (κ3) is 10.5. The minimum Gasteiger partial charge on any atom is -0.489 e. The quantitative estimate of drug-likeness (QED) is 0.207. The van der Waals surface area contributed by atoms with Crippen LogP contribution in [0.2, 0.25) is 0 Å². The Kier molecular flexibility index (Phi) is 11.3. The van der Waals surface area contributed by atoms with Gasteiger partial charge in [-0.1, -0.05) is 80.6 Å². The summed E-state index contributed by atoms with van der Waals surface area (Å²) in [6.45, 7) is 15.5. The molecular weight excluding hydrogens is 592 g/mol. The smallest absolute Gasteiger partial charge is 0.411 e. The summed E-state index contributed by atoms with van der Waals surface area (Å²) in [5, 5.41) is 14.8. The van der Waals surface area contributed by atoms with Crippen molar-refractivity contribution in [1.82, 2.24) is 10.2 Å². The van der Waals surface area contributed by atoms with Gasteiger partial charge < -0.3 is 24.6 Å². The van der Waals surface area contributed by atoms with Crippen molar-refractivity contribution in [2.45, 2.75) is 116 Å². The minimum absolute atomic E-state index is 0.0501. The standard InChI is InChI=1S/C39H52N2O6/c1-27(2)30-17-13-18-31(24-30)39(20-21-39)41(36(44)47-38(6,7)8)25-34(42)33(40-35(43)46-37(3,4)5)23-29-16-12-19-32(22-29)45-26-28-14-10-9-11-15-28/h9-19,22,24,27,33-34,42H,20-21,23,25-26H2,1-8H3,(H,40,43)/t33-,34+/m0/s1. The first-order valence-corrected chi connectivity index (χ1v) is 16.6. The van der Waals surface area contributed by atoms with E-state index in [1.165, 1.54) is 5.56 Å². The Hall–Kier alpha value is -4.04. The molecule has 0 bridgehead atoms. The van der Waals surface area contributed by atoms with Crippen molar-refractivity contribution in [1.29, 1.82) is 0 Å². The van der Waals surface area contributed by atoms with Gasteiger partial charge >= 0.3 is 12.2 Å². The molecule has 1 fully saturated rings. The lowest BCUT2D eigenvalue weighted by Gasteiger charge is -2.37. The second kappa shape index (κ2) is 14.8. The number of nitrogens with one attached hydrogen (secondary N) is 1. The summed E-state index contributed by atoms with van der Waals surface area (Å²) in [6, 6.07) is 25.0. The van der Waals surface area contributed by atoms with E-state index in [1.54, 1.807) is 25.7 Å². The predicted molar refractivity (Wildman–Crippen MR) is 184 cm³/mol. The van der Waals surface area contributed by atoms with E-state index in [-0.39, 0.29) is 13.0 Å². The number of ether oxygens (including phenoxy) is 3. The molecule has 0 heterocycles. The Morgan fingerprint density at radius 2 is 1.49 bits per heavy atom. The van der Waals surface area contributed by atoms with E-state index < -0.39 is 41.1 Å². The molecular formula is C39H52N2O6. The zero-order valence-corrected chi connectivity index (χ0v) is 29.2. The maximum absolute atomic E-state index is 13.9. The second-order valence-electron chi connectivity index (χ2n) is 14.8. The summed E-state index contributed by atoms with van der Waals surface area (Å²) in [5.41, 5.74) is 2.02. The molecule has 254 valence electrons. The van der Waals surface area contributed by atoms with Gasteiger partial charge in [0.1, 0.15) is 23.6 Å². The zero-order valence-electron chi connectivity index (χ0n) is 29.2. The second-order valence-corrected chi connectivity index (χ2v) is 14.8. The highest BCUT2D eigenvalue weighted by Crippen LogP contribution is 2.52. The molecule has 1 aliphatic rings. The summed E-state index contributed by atoms with van der Waals surface area (Å²) in [5.74, 6) is 0.996. The first kappa shape index (κ1) is 35.8. The molecule has 2 N–H and O–H groups in total. The normalized spacial score (nSPS) is 15.4. The molecule has 2 atom stereocenters. The van der Waals surface area contributed by atoms with E-state index >= 15 is 0 Å². The van der Waals surface area contributed by atoms with E-state index in [4.69, 9.17) is 14.2 Å². The number of aliphatic hydroxyl groups excluding tert-OH is 1. The fourth-order valence-electron chi connectivity index (χ4n) is 5.57. The molecule has 0 saturated heterocycles. The number of nitrogens with zero attached hydrogens (tertiary/aromatic N) is 1. The van der Waals surface area contributed by atoms with Gasteiger partial charge in [-0.15, -0.1) is 0 Å². The molecule has 0 spiro atoms. The molecule has 3 aromatic rings. The first-order chi connectivity index (χ1) is 22.0. The topological polar surface area (TPSA) is 97.3 Å². The van der Waals surface area contributed by atoms with Gasteiger partial charge in [-0.3, -0.25) is 4.90 Å². The third-order valence-electron chi connectivity index (χ3n) is 8.08. The maximum Gasteiger partial charge on any atom is 0.411 e. The van der Waals surface area contributed by atoms with Crippen LogP contribution in [-0.2, 0) is 28.0 Å². The molecule has 3 aromatic carbocycles. The number of carbonyl (C=O) groups is 2. The Morgan fingerprint density at radius 3 is 2.11 bits per heavy atom. The van der Waals surface area contributed by atoms with Crippen LogP contribution in [0.1, 0.15) is 96.4 Å². The summed E-state index contributed by atoms with van der Waals surface area (Å²) >= 11 is 0. The van der Waals surface area contributed by atoms with Gasteiger partial charge in [0, 0.05) is 0 Å². The number of aliphatic hydroxyl groups is 1. The summed E-state index contributed by atoms with van der Waals surface area (Å²) < 4.78 is 17.5. The molecule has 47 heavy (non-hydrogen) atoms. The average molecular weight is 645 g/mol. The van der Waals surface area contributed by atoms with Crippen molar-refractivity contribution in [2.75, 3.05) is 6.54 Å². The lowest BCUT2D eigenvalue weighted by molar-refractivity contribution is -0.00669. The highest BCUT2D eigenvalue weighted by molar-refractivity contribution is 5.71. The van der Waals surface area contributed by atoms with Crippen LogP contribution >= 0.6 is 0 Å². The van der Waals surface area contributed by atoms with E-state index in [0.29, 0.717) is 18.3 Å². The van der Waals surface area contributed by atoms with Crippen LogP contribution in [0.5, 0.6) is 5.75 Å². The van der Waals surface area contributed by atoms with E-state index in [9.17, 15) is 14.7 Å². The third-order valence-corrected chi connectivity index (χ3v) is 8.08. The van der Waals surface area contributed by atoms with E-state index in [1.807, 2.05) is 87.5 Å². The molecule has 0 radical (unpaired) electrons. The number of amides is 2. The van der Waals surface area contributed by atoms with Crippen LogP contribution in [-0.4, -0.2) is 52.1 Å². The van der Waals surface area contributed by atoms with E-state index in [2.05, 4.69) is 31.3 Å². The van der Waals surface area contributed by atoms with Crippen LogP contribution < -0.4 is 10.1 Å². The van der Waals surface area contributed by atoms with Crippen LogP contribution in [0.15, 0.2) is 78.9 Å². The number of hydrogen-bond donors (Lipinski definition) is 2. The minimum atomic E-state index is -1.14. The van der Waals surface area contributed by atoms with Crippen molar-refractivity contribution in [2.24, 2.45) is 0 Å². The molecule has 1 aliphatic carbocycles. The molecule has 8 heteroatoms. The lowest BCUT2D eigenvalue weighted by Crippen LogP contribution is -2.54. The molecule has 0 unspecified atom stereocenters. The van der Waals surface area contributed by atoms with Gasteiger partial charge in [0.25, 0.3) is 0 Å². The maximum atomic E-state index is 13.9. The predicted octanol–water partition coefficient (Wildman–Crippen LogP) is 8.11. The van der Waals surface area contributed by atoms with Gasteiger partial charge in [-0.2, -0.15) is 0 Å². The van der Waals surface area contributed by atoms with Gasteiger partial charge in [0.2, 0.25) is 0 Å². The number of hydrogen-bond acceptors (Lipinski definition) is 6. The fraction of sp³-hybridized carbons (Fsp3) is 0.487. The van der Waals surface area contributed by atoms with Crippen molar-refractivity contribution in [3.8, 4) is 5.75 Å². The van der Waals surface area contributed by atoms with Crippen LogP contribution in [0.4, 0.5) is 9.59 Å². The lowest BCUT2D eigenvalue weighted by atomic mass is 9.94. The number of carbonyl (C=O) groups excluding carboxylic acids is 2. The van der Waals surface area contributed by atoms with Crippen LogP contribution in [0.25, 0.3) is 0 Å². The highest BCUT2D eigenvalue weighted by Gasteiger charge is 2.53. The number of benzene rings is 3. The van der Waals surface area contributed by atoms with Crippen molar-refractivity contribution in [3.05, 3.63) is 101 Å². The SMILES string of the molecule is CC(C)c1cccc(C2(N(C[C@@H](O)[C@H](Cc3cccc(OCc4ccccc4)c3)NC(=O)OC(C)(C)C)C(=O)OC(C)(C)C)CC2)c1. The molecule has 1 saturated carbocycles. The molecule has 2 amide bonds. The monoisotopic (exact) mass is 644 g/mol. The molecule has 0 aromatic heterocycles. The summed E-state index contributed by atoms with van der Waals surface area (Å²) in [7, 11) is 0. The molecule has 0 aliphatic heterocycles. The fourth-order valence-corrected chi connectivity index (χ4v) is 5.57. The summed E-state index contributed by atoms with van der Waals surface area (Å²) in [4.78, 5) is 28.6. The van der Waals surface area contributed by atoms with E-state index in [0.717, 1.165) is 29.5 Å². The molecule has 8 nitrogen and oxygen atoms in total. The molecule has 4 rings (SSSR count).